The normalized spacial score (nSPS) is 11.8. The molecule has 0 saturated heterocycles. The van der Waals surface area contributed by atoms with Crippen molar-refractivity contribution in [2.45, 2.75) is 12.5 Å². The molecule has 0 bridgehead atoms. The third-order valence-corrected chi connectivity index (χ3v) is 3.85. The van der Waals surface area contributed by atoms with Crippen molar-refractivity contribution >= 4 is 34.9 Å². The summed E-state index contributed by atoms with van der Waals surface area (Å²) in [5.74, 6) is -0.730. The average Bonchev–Trinajstić information content (AvgIpc) is 3.10. The third-order valence-electron chi connectivity index (χ3n) is 2.38. The van der Waals surface area contributed by atoms with Gasteiger partial charge in [-0.3, -0.25) is 9.59 Å². The highest BCUT2D eigenvalue weighted by Gasteiger charge is 2.21. The number of rotatable bonds is 5. The lowest BCUT2D eigenvalue weighted by Gasteiger charge is -2.15. The lowest BCUT2D eigenvalue weighted by molar-refractivity contribution is -0.141. The number of hydrogen-bond donors (Lipinski definition) is 1. The van der Waals surface area contributed by atoms with E-state index in [1.54, 1.807) is 0 Å². The number of aromatic nitrogens is 2. The van der Waals surface area contributed by atoms with Crippen LogP contribution in [-0.2, 0) is 9.53 Å². The van der Waals surface area contributed by atoms with Crippen LogP contribution in [0.4, 0.5) is 0 Å². The zero-order valence-electron chi connectivity index (χ0n) is 10.0. The molecule has 1 atom stereocenters. The summed E-state index contributed by atoms with van der Waals surface area (Å²) in [6, 6.07) is 3.31. The van der Waals surface area contributed by atoms with E-state index in [1.807, 2.05) is 17.5 Å². The van der Waals surface area contributed by atoms with Crippen LogP contribution in [0.5, 0.6) is 0 Å². The molecule has 2 aromatic rings. The highest BCUT2D eigenvalue weighted by atomic mass is 32.1. The number of nitrogens with one attached hydrogen (secondary N) is 1. The molecule has 100 valence electrons. The Kier molecular flexibility index (Phi) is 4.58. The molecule has 0 fully saturated rings. The zero-order valence-corrected chi connectivity index (χ0v) is 11.7. The monoisotopic (exact) mass is 297 g/mol. The topological polar surface area (TPSA) is 81.2 Å². The van der Waals surface area contributed by atoms with Crippen LogP contribution in [0.15, 0.2) is 23.7 Å². The maximum absolute atomic E-state index is 11.9. The smallest absolute Gasteiger partial charge is 0.307 e. The lowest BCUT2D eigenvalue weighted by Crippen LogP contribution is -2.30. The molecule has 0 aliphatic rings. The Bertz CT molecular complexity index is 540. The van der Waals surface area contributed by atoms with Crippen molar-refractivity contribution in [3.05, 3.63) is 34.3 Å². The molecule has 1 unspecified atom stereocenters. The van der Waals surface area contributed by atoms with Gasteiger partial charge in [0.15, 0.2) is 5.69 Å². The van der Waals surface area contributed by atoms with Gasteiger partial charge >= 0.3 is 5.97 Å². The second kappa shape index (κ2) is 6.39. The Labute approximate surface area is 117 Å². The molecule has 2 heterocycles. The lowest BCUT2D eigenvalue weighted by atomic mass is 10.1. The molecular weight excluding hydrogens is 286 g/mol. The summed E-state index contributed by atoms with van der Waals surface area (Å²) in [5.41, 5.74) is 0.247. The van der Waals surface area contributed by atoms with Gasteiger partial charge in [0.05, 0.1) is 37.5 Å². The Morgan fingerprint density at radius 1 is 1.53 bits per heavy atom. The predicted octanol–water partition coefficient (Wildman–Crippen LogP) is 1.63. The van der Waals surface area contributed by atoms with Gasteiger partial charge in [0.1, 0.15) is 0 Å². The van der Waals surface area contributed by atoms with Gasteiger partial charge < -0.3 is 10.1 Å². The highest BCUT2D eigenvalue weighted by Crippen LogP contribution is 2.22. The first-order chi connectivity index (χ1) is 9.20. The number of carbonyl (C=O) groups excluding carboxylic acids is 2. The van der Waals surface area contributed by atoms with E-state index in [1.165, 1.54) is 24.6 Å². The van der Waals surface area contributed by atoms with Crippen LogP contribution in [0.2, 0.25) is 0 Å². The van der Waals surface area contributed by atoms with E-state index in [0.29, 0.717) is 0 Å². The van der Waals surface area contributed by atoms with Gasteiger partial charge in [0, 0.05) is 4.88 Å². The number of nitrogens with zero attached hydrogens (tertiary/aromatic N) is 2. The van der Waals surface area contributed by atoms with Gasteiger partial charge in [-0.05, 0) is 11.4 Å². The molecule has 0 aliphatic heterocycles. The second-order valence-corrected chi connectivity index (χ2v) is 5.15. The van der Waals surface area contributed by atoms with E-state index in [2.05, 4.69) is 18.8 Å². The van der Waals surface area contributed by atoms with Crippen LogP contribution >= 0.6 is 23.1 Å². The van der Waals surface area contributed by atoms with Gasteiger partial charge in [-0.2, -0.15) is 8.75 Å². The number of methoxy groups -OCH3 is 1. The van der Waals surface area contributed by atoms with Crippen molar-refractivity contribution in [1.29, 1.82) is 0 Å². The van der Waals surface area contributed by atoms with Crippen molar-refractivity contribution < 1.29 is 14.3 Å². The fourth-order valence-electron chi connectivity index (χ4n) is 1.46. The summed E-state index contributed by atoms with van der Waals surface area (Å²) in [7, 11) is 1.32. The minimum absolute atomic E-state index is 0.0836. The van der Waals surface area contributed by atoms with Crippen molar-refractivity contribution in [1.82, 2.24) is 14.1 Å². The van der Waals surface area contributed by atoms with Crippen LogP contribution in [0.1, 0.15) is 27.8 Å². The molecule has 0 aliphatic carbocycles. The van der Waals surface area contributed by atoms with Gasteiger partial charge in [0.25, 0.3) is 5.91 Å². The van der Waals surface area contributed by atoms with Crippen molar-refractivity contribution in [3.63, 3.8) is 0 Å². The highest BCUT2D eigenvalue weighted by molar-refractivity contribution is 7.10. The number of carbonyl (C=O) groups is 2. The summed E-state index contributed by atoms with van der Waals surface area (Å²) >= 11 is 2.43. The van der Waals surface area contributed by atoms with Crippen LogP contribution < -0.4 is 5.32 Å². The fourth-order valence-corrected chi connectivity index (χ4v) is 2.65. The van der Waals surface area contributed by atoms with Gasteiger partial charge in [-0.1, -0.05) is 6.07 Å². The van der Waals surface area contributed by atoms with E-state index in [0.717, 1.165) is 16.6 Å². The predicted molar refractivity (Wildman–Crippen MR) is 71.1 cm³/mol. The van der Waals surface area contributed by atoms with Crippen LogP contribution in [-0.4, -0.2) is 27.7 Å². The molecular formula is C11H11N3O3S2. The Morgan fingerprint density at radius 2 is 2.37 bits per heavy atom. The van der Waals surface area contributed by atoms with Gasteiger partial charge in [0.2, 0.25) is 0 Å². The quantitative estimate of drug-likeness (QED) is 0.848. The summed E-state index contributed by atoms with van der Waals surface area (Å²) in [4.78, 5) is 24.2. The number of hydrogen-bond acceptors (Lipinski definition) is 7. The zero-order chi connectivity index (χ0) is 13.7. The van der Waals surface area contributed by atoms with Crippen molar-refractivity contribution in [3.8, 4) is 0 Å². The molecule has 8 heteroatoms. The SMILES string of the molecule is COC(=O)CC(NC(=O)c1cnsn1)c1cccs1. The first-order valence-corrected chi connectivity index (χ1v) is 7.00. The van der Waals surface area contributed by atoms with Gasteiger partial charge in [-0.15, -0.1) is 11.3 Å². The average molecular weight is 297 g/mol. The first kappa shape index (κ1) is 13.6. The molecule has 1 amide bonds. The second-order valence-electron chi connectivity index (χ2n) is 3.61. The molecule has 1 N–H and O–H groups in total. The molecule has 19 heavy (non-hydrogen) atoms. The molecule has 6 nitrogen and oxygen atoms in total. The number of ether oxygens (including phenoxy) is 1. The van der Waals surface area contributed by atoms with E-state index < -0.39 is 6.04 Å². The standard InChI is InChI=1S/C11H11N3O3S2/c1-17-10(15)5-7(9-3-2-4-18-9)13-11(16)8-6-12-19-14-8/h2-4,6-7H,5H2,1H3,(H,13,16). The van der Waals surface area contributed by atoms with E-state index in [4.69, 9.17) is 0 Å². The molecule has 0 saturated carbocycles. The summed E-state index contributed by atoms with van der Waals surface area (Å²) in [6.45, 7) is 0. The number of thiophene rings is 1. The fraction of sp³-hybridized carbons (Fsp3) is 0.273. The van der Waals surface area contributed by atoms with Crippen LogP contribution in [0.3, 0.4) is 0 Å². The Balaban J connectivity index is 2.10. The summed E-state index contributed by atoms with van der Waals surface area (Å²) in [5, 5.41) is 4.65. The van der Waals surface area contributed by atoms with Crippen molar-refractivity contribution in [2.75, 3.05) is 7.11 Å². The van der Waals surface area contributed by atoms with Crippen molar-refractivity contribution in [2.24, 2.45) is 0 Å². The Hall–Kier alpha value is -1.80. The third kappa shape index (κ3) is 3.58. The van der Waals surface area contributed by atoms with Crippen LogP contribution in [0, 0.1) is 0 Å². The summed E-state index contributed by atoms with van der Waals surface area (Å²) in [6.07, 6.45) is 1.48. The molecule has 0 spiro atoms. The number of amides is 1. The minimum Gasteiger partial charge on any atom is -0.469 e. The first-order valence-electron chi connectivity index (χ1n) is 5.39. The maximum atomic E-state index is 11.9. The maximum Gasteiger partial charge on any atom is 0.307 e. The van der Waals surface area contributed by atoms with Crippen LogP contribution in [0.25, 0.3) is 0 Å². The molecule has 2 aromatic heterocycles. The minimum atomic E-state index is -0.415. The molecule has 0 aromatic carbocycles. The van der Waals surface area contributed by atoms with E-state index in [-0.39, 0.29) is 24.0 Å². The molecule has 2 rings (SSSR count). The Morgan fingerprint density at radius 3 is 2.95 bits per heavy atom. The van der Waals surface area contributed by atoms with E-state index in [9.17, 15) is 9.59 Å². The molecule has 0 radical (unpaired) electrons. The van der Waals surface area contributed by atoms with Gasteiger partial charge in [-0.25, -0.2) is 0 Å². The largest absolute Gasteiger partial charge is 0.469 e. The number of esters is 1. The summed E-state index contributed by atoms with van der Waals surface area (Å²) < 4.78 is 12.3. The van der Waals surface area contributed by atoms with E-state index >= 15 is 0 Å².